The van der Waals surface area contributed by atoms with E-state index in [9.17, 15) is 4.79 Å². The molecule has 16 heavy (non-hydrogen) atoms. The number of halogens is 1. The van der Waals surface area contributed by atoms with Crippen LogP contribution in [-0.2, 0) is 15.3 Å². The van der Waals surface area contributed by atoms with Gasteiger partial charge in [-0.25, -0.2) is 0 Å². The lowest BCUT2D eigenvalue weighted by atomic mass is 10.2. The summed E-state index contributed by atoms with van der Waals surface area (Å²) in [6.07, 6.45) is 0.655. The van der Waals surface area contributed by atoms with Crippen LogP contribution < -0.4 is 5.73 Å². The van der Waals surface area contributed by atoms with Crippen molar-refractivity contribution in [3.05, 3.63) is 20.8 Å². The zero-order valence-electron chi connectivity index (χ0n) is 8.94. The van der Waals surface area contributed by atoms with Crippen molar-refractivity contribution in [2.75, 3.05) is 12.9 Å². The molecule has 6 heteroatoms. The first-order valence-corrected chi connectivity index (χ1v) is 7.60. The minimum absolute atomic E-state index is 0.334. The van der Waals surface area contributed by atoms with E-state index in [1.807, 2.05) is 0 Å². The highest BCUT2D eigenvalue weighted by Crippen LogP contribution is 2.24. The SMILES string of the molecule is COC(=O)C(N)CCSCc1csc(Br)c1. The van der Waals surface area contributed by atoms with Gasteiger partial charge in [0.2, 0.25) is 0 Å². The van der Waals surface area contributed by atoms with Crippen LogP contribution in [0.2, 0.25) is 0 Å². The minimum Gasteiger partial charge on any atom is -0.468 e. The molecule has 0 bridgehead atoms. The Balaban J connectivity index is 2.14. The molecule has 0 aromatic carbocycles. The first-order valence-electron chi connectivity index (χ1n) is 4.77. The molecular formula is C10H14BrNO2S2. The van der Waals surface area contributed by atoms with E-state index in [1.54, 1.807) is 23.1 Å². The fourth-order valence-corrected chi connectivity index (χ4v) is 3.37. The highest BCUT2D eigenvalue weighted by Gasteiger charge is 2.12. The van der Waals surface area contributed by atoms with Crippen LogP contribution in [0.1, 0.15) is 12.0 Å². The number of thioether (sulfide) groups is 1. The fraction of sp³-hybridized carbons (Fsp3) is 0.500. The number of nitrogens with two attached hydrogens (primary N) is 1. The monoisotopic (exact) mass is 323 g/mol. The lowest BCUT2D eigenvalue weighted by molar-refractivity contribution is -0.142. The van der Waals surface area contributed by atoms with E-state index in [4.69, 9.17) is 5.73 Å². The van der Waals surface area contributed by atoms with Crippen LogP contribution in [0.5, 0.6) is 0 Å². The average Bonchev–Trinajstić information content (AvgIpc) is 2.69. The molecule has 0 radical (unpaired) electrons. The van der Waals surface area contributed by atoms with Gasteiger partial charge in [0.05, 0.1) is 10.9 Å². The Morgan fingerprint density at radius 3 is 3.06 bits per heavy atom. The largest absolute Gasteiger partial charge is 0.468 e. The molecule has 1 aromatic heterocycles. The third-order valence-electron chi connectivity index (χ3n) is 1.97. The molecule has 90 valence electrons. The second kappa shape index (κ2) is 7.32. The molecule has 0 fully saturated rings. The second-order valence-corrected chi connectivity index (χ2v) is 6.63. The number of esters is 1. The average molecular weight is 324 g/mol. The van der Waals surface area contributed by atoms with Crippen molar-refractivity contribution < 1.29 is 9.53 Å². The minimum atomic E-state index is -0.494. The van der Waals surface area contributed by atoms with Crippen LogP contribution in [0.4, 0.5) is 0 Å². The lowest BCUT2D eigenvalue weighted by Gasteiger charge is -2.07. The first-order chi connectivity index (χ1) is 7.63. The molecule has 0 aliphatic heterocycles. The van der Waals surface area contributed by atoms with Gasteiger partial charge in [0.15, 0.2) is 0 Å². The summed E-state index contributed by atoms with van der Waals surface area (Å²) in [6.45, 7) is 0. The van der Waals surface area contributed by atoms with Crippen LogP contribution in [0.15, 0.2) is 15.2 Å². The number of carbonyl (C=O) groups excluding carboxylic acids is 1. The highest BCUT2D eigenvalue weighted by atomic mass is 79.9. The van der Waals surface area contributed by atoms with Gasteiger partial charge in [-0.1, -0.05) is 0 Å². The highest BCUT2D eigenvalue weighted by molar-refractivity contribution is 9.11. The number of hydrogen-bond acceptors (Lipinski definition) is 5. The van der Waals surface area contributed by atoms with Crippen LogP contribution in [0, 0.1) is 0 Å². The number of carbonyl (C=O) groups is 1. The zero-order chi connectivity index (χ0) is 12.0. The number of ether oxygens (including phenoxy) is 1. The maximum atomic E-state index is 11.0. The molecule has 1 atom stereocenters. The molecule has 0 saturated carbocycles. The smallest absolute Gasteiger partial charge is 0.322 e. The van der Waals surface area contributed by atoms with E-state index >= 15 is 0 Å². The van der Waals surface area contributed by atoms with Crippen molar-refractivity contribution in [2.24, 2.45) is 5.73 Å². The van der Waals surface area contributed by atoms with Gasteiger partial charge in [-0.2, -0.15) is 11.8 Å². The summed E-state index contributed by atoms with van der Waals surface area (Å²) in [5, 5.41) is 2.12. The van der Waals surface area contributed by atoms with Gasteiger partial charge in [-0.3, -0.25) is 4.79 Å². The van der Waals surface area contributed by atoms with Gasteiger partial charge in [0, 0.05) is 5.75 Å². The predicted molar refractivity (Wildman–Crippen MR) is 72.8 cm³/mol. The Kier molecular flexibility index (Phi) is 6.41. The molecular weight excluding hydrogens is 310 g/mol. The molecule has 0 saturated heterocycles. The van der Waals surface area contributed by atoms with Crippen LogP contribution in [0.3, 0.4) is 0 Å². The Bertz CT molecular complexity index is 343. The Morgan fingerprint density at radius 2 is 2.50 bits per heavy atom. The molecule has 0 amide bonds. The maximum absolute atomic E-state index is 11.0. The van der Waals surface area contributed by atoms with Crippen LogP contribution >= 0.6 is 39.0 Å². The topological polar surface area (TPSA) is 52.3 Å². The standard InChI is InChI=1S/C10H14BrNO2S2/c1-14-10(13)8(12)2-3-15-5-7-4-9(11)16-6-7/h4,6,8H,2-3,5,12H2,1H3. The third-order valence-corrected chi connectivity index (χ3v) is 4.58. The van der Waals surface area contributed by atoms with Crippen molar-refractivity contribution in [2.45, 2.75) is 18.2 Å². The van der Waals surface area contributed by atoms with Gasteiger partial charge in [-0.15, -0.1) is 11.3 Å². The van der Waals surface area contributed by atoms with Crippen LogP contribution in [-0.4, -0.2) is 24.9 Å². The van der Waals surface area contributed by atoms with Gasteiger partial charge in [-0.05, 0) is 45.1 Å². The van der Waals surface area contributed by atoms with Gasteiger partial charge in [0.25, 0.3) is 0 Å². The van der Waals surface area contributed by atoms with Crippen molar-refractivity contribution in [1.29, 1.82) is 0 Å². The number of thiophene rings is 1. The molecule has 3 nitrogen and oxygen atoms in total. The molecule has 0 spiro atoms. The maximum Gasteiger partial charge on any atom is 0.322 e. The molecule has 1 unspecified atom stereocenters. The second-order valence-electron chi connectivity index (χ2n) is 3.23. The number of rotatable bonds is 6. The van der Waals surface area contributed by atoms with Gasteiger partial charge in [0.1, 0.15) is 6.04 Å². The Morgan fingerprint density at radius 1 is 1.75 bits per heavy atom. The number of methoxy groups -OCH3 is 1. The summed E-state index contributed by atoms with van der Waals surface area (Å²) in [5.74, 6) is 1.48. The number of hydrogen-bond donors (Lipinski definition) is 1. The van der Waals surface area contributed by atoms with Crippen LogP contribution in [0.25, 0.3) is 0 Å². The molecule has 2 N–H and O–H groups in total. The summed E-state index contributed by atoms with van der Waals surface area (Å²) < 4.78 is 5.70. The third kappa shape index (κ3) is 4.86. The summed E-state index contributed by atoms with van der Waals surface area (Å²) in [6, 6.07) is 1.62. The van der Waals surface area contributed by atoms with E-state index in [2.05, 4.69) is 32.1 Å². The lowest BCUT2D eigenvalue weighted by Crippen LogP contribution is -2.31. The molecule has 0 aliphatic carbocycles. The zero-order valence-corrected chi connectivity index (χ0v) is 12.2. The van der Waals surface area contributed by atoms with Gasteiger partial charge >= 0.3 is 5.97 Å². The summed E-state index contributed by atoms with van der Waals surface area (Å²) in [4.78, 5) is 11.0. The van der Waals surface area contributed by atoms with Gasteiger partial charge < -0.3 is 10.5 Å². The summed E-state index contributed by atoms with van der Waals surface area (Å²) >= 11 is 6.88. The summed E-state index contributed by atoms with van der Waals surface area (Å²) in [5.41, 5.74) is 6.92. The van der Waals surface area contributed by atoms with E-state index in [-0.39, 0.29) is 5.97 Å². The van der Waals surface area contributed by atoms with E-state index in [0.717, 1.165) is 15.3 Å². The molecule has 1 rings (SSSR count). The quantitative estimate of drug-likeness (QED) is 0.646. The van der Waals surface area contributed by atoms with Crippen molar-refractivity contribution in [3.8, 4) is 0 Å². The van der Waals surface area contributed by atoms with Crippen molar-refractivity contribution in [1.82, 2.24) is 0 Å². The predicted octanol–water partition coefficient (Wildman–Crippen LogP) is 2.63. The van der Waals surface area contributed by atoms with Crippen molar-refractivity contribution >= 4 is 45.0 Å². The van der Waals surface area contributed by atoms with E-state index < -0.39 is 6.04 Å². The van der Waals surface area contributed by atoms with Crippen molar-refractivity contribution in [3.63, 3.8) is 0 Å². The Hall–Kier alpha value is -0.0400. The molecule has 1 heterocycles. The Labute approximate surface area is 112 Å². The normalized spacial score (nSPS) is 12.4. The van der Waals surface area contributed by atoms with E-state index in [1.165, 1.54) is 12.7 Å². The molecule has 1 aromatic rings. The fourth-order valence-electron chi connectivity index (χ4n) is 1.09. The summed E-state index contributed by atoms with van der Waals surface area (Å²) in [7, 11) is 1.36. The molecule has 0 aliphatic rings. The van der Waals surface area contributed by atoms with E-state index in [0.29, 0.717) is 6.42 Å². The first kappa shape index (κ1) is 14.0.